The van der Waals surface area contributed by atoms with Gasteiger partial charge in [0, 0.05) is 12.7 Å². The fourth-order valence-electron chi connectivity index (χ4n) is 1.78. The fraction of sp³-hybridized carbons (Fsp3) is 0.188. The molecular formula is C16H16N2O3S. The number of esters is 1. The molecule has 22 heavy (non-hydrogen) atoms. The van der Waals surface area contributed by atoms with Gasteiger partial charge in [0.1, 0.15) is 11.2 Å². The van der Waals surface area contributed by atoms with Crippen molar-refractivity contribution < 1.29 is 14.3 Å². The zero-order chi connectivity index (χ0) is 15.8. The number of H-pyrrole nitrogens is 1. The summed E-state index contributed by atoms with van der Waals surface area (Å²) in [4.78, 5) is 26.3. The van der Waals surface area contributed by atoms with Gasteiger partial charge in [-0.15, -0.1) is 0 Å². The van der Waals surface area contributed by atoms with Crippen molar-refractivity contribution in [3.05, 3.63) is 64.4 Å². The molecular weight excluding hydrogens is 300 g/mol. The summed E-state index contributed by atoms with van der Waals surface area (Å²) >= 11 is 5.02. The zero-order valence-corrected chi connectivity index (χ0v) is 12.7. The van der Waals surface area contributed by atoms with E-state index in [1.807, 2.05) is 30.3 Å². The fourth-order valence-corrected chi connectivity index (χ4v) is 2.01. The van der Waals surface area contributed by atoms with Gasteiger partial charge in [-0.1, -0.05) is 42.5 Å². The number of nitrogens with one attached hydrogen (secondary N) is 2. The van der Waals surface area contributed by atoms with Gasteiger partial charge in [0.15, 0.2) is 0 Å². The molecule has 5 nitrogen and oxygen atoms in total. The first-order chi connectivity index (χ1) is 10.7. The van der Waals surface area contributed by atoms with Crippen LogP contribution in [0.25, 0.3) is 0 Å². The molecule has 2 rings (SSSR count). The first-order valence-electron chi connectivity index (χ1n) is 6.82. The molecule has 1 amide bonds. The third-order valence-electron chi connectivity index (χ3n) is 2.92. The van der Waals surface area contributed by atoms with Crippen LogP contribution < -0.4 is 5.32 Å². The van der Waals surface area contributed by atoms with Crippen molar-refractivity contribution >= 4 is 24.1 Å². The van der Waals surface area contributed by atoms with Crippen LogP contribution in [0.3, 0.4) is 0 Å². The van der Waals surface area contributed by atoms with Gasteiger partial charge < -0.3 is 15.0 Å². The van der Waals surface area contributed by atoms with E-state index in [0.29, 0.717) is 10.2 Å². The Bertz CT molecular complexity index is 698. The van der Waals surface area contributed by atoms with Crippen molar-refractivity contribution in [1.29, 1.82) is 0 Å². The van der Waals surface area contributed by atoms with Crippen LogP contribution in [-0.2, 0) is 16.1 Å². The summed E-state index contributed by atoms with van der Waals surface area (Å²) in [5, 5.41) is 2.64. The number of aromatic amines is 1. The lowest BCUT2D eigenvalue weighted by Gasteiger charge is -2.06. The number of benzene rings is 1. The molecule has 6 heteroatoms. The van der Waals surface area contributed by atoms with Crippen molar-refractivity contribution in [3.8, 4) is 0 Å². The summed E-state index contributed by atoms with van der Waals surface area (Å²) in [5.74, 6) is -0.667. The predicted molar refractivity (Wildman–Crippen MR) is 84.8 cm³/mol. The Morgan fingerprint density at radius 1 is 1.14 bits per heavy atom. The summed E-state index contributed by atoms with van der Waals surface area (Å²) < 4.78 is 5.49. The van der Waals surface area contributed by atoms with Gasteiger partial charge in [0.05, 0.1) is 12.0 Å². The van der Waals surface area contributed by atoms with Crippen molar-refractivity contribution in [2.75, 3.05) is 6.54 Å². The minimum absolute atomic E-state index is 0.113. The molecule has 1 heterocycles. The molecule has 2 aromatic rings. The molecule has 0 aliphatic rings. The van der Waals surface area contributed by atoms with Gasteiger partial charge in [-0.3, -0.25) is 9.59 Å². The molecule has 0 aliphatic heterocycles. The van der Waals surface area contributed by atoms with E-state index in [4.69, 9.17) is 17.0 Å². The molecule has 0 saturated carbocycles. The van der Waals surface area contributed by atoms with Gasteiger partial charge in [-0.25, -0.2) is 0 Å². The van der Waals surface area contributed by atoms with E-state index in [-0.39, 0.29) is 31.4 Å². The number of carbonyl (C=O) groups excluding carboxylic acids is 2. The third-order valence-corrected chi connectivity index (χ3v) is 3.26. The molecule has 0 aliphatic carbocycles. The number of rotatable bonds is 6. The highest BCUT2D eigenvalue weighted by molar-refractivity contribution is 7.71. The minimum atomic E-state index is -0.359. The molecule has 1 aromatic heterocycles. The highest BCUT2D eigenvalue weighted by Gasteiger charge is 2.08. The molecule has 2 N–H and O–H groups in total. The second-order valence-electron chi connectivity index (χ2n) is 4.57. The lowest BCUT2D eigenvalue weighted by atomic mass is 10.2. The smallest absolute Gasteiger partial charge is 0.307 e. The molecule has 0 fully saturated rings. The molecule has 0 spiro atoms. The van der Waals surface area contributed by atoms with Crippen LogP contribution in [-0.4, -0.2) is 23.4 Å². The normalized spacial score (nSPS) is 10.0. The predicted octanol–water partition coefficient (Wildman–Crippen LogP) is 2.61. The Morgan fingerprint density at radius 3 is 2.64 bits per heavy atom. The van der Waals surface area contributed by atoms with Gasteiger partial charge in [-0.05, 0) is 17.7 Å². The first kappa shape index (κ1) is 15.9. The molecule has 0 unspecified atom stereocenters. The Kier molecular flexibility index (Phi) is 5.85. The van der Waals surface area contributed by atoms with Gasteiger partial charge in [0.25, 0.3) is 5.91 Å². The zero-order valence-electron chi connectivity index (χ0n) is 11.9. The van der Waals surface area contributed by atoms with Crippen LogP contribution in [0.1, 0.15) is 22.3 Å². The Morgan fingerprint density at radius 2 is 1.91 bits per heavy atom. The summed E-state index contributed by atoms with van der Waals surface area (Å²) in [6, 6.07) is 12.7. The van der Waals surface area contributed by atoms with Crippen LogP contribution in [0, 0.1) is 4.64 Å². The highest BCUT2D eigenvalue weighted by atomic mass is 32.1. The number of pyridine rings is 1. The minimum Gasteiger partial charge on any atom is -0.461 e. The van der Waals surface area contributed by atoms with E-state index < -0.39 is 0 Å². The lowest BCUT2D eigenvalue weighted by molar-refractivity contribution is -0.144. The molecule has 0 saturated heterocycles. The van der Waals surface area contributed by atoms with E-state index in [1.54, 1.807) is 18.3 Å². The average molecular weight is 316 g/mol. The van der Waals surface area contributed by atoms with E-state index in [9.17, 15) is 9.59 Å². The second kappa shape index (κ2) is 8.09. The topological polar surface area (TPSA) is 71.2 Å². The van der Waals surface area contributed by atoms with E-state index in [1.165, 1.54) is 0 Å². The Labute approximate surface area is 133 Å². The monoisotopic (exact) mass is 316 g/mol. The average Bonchev–Trinajstić information content (AvgIpc) is 2.54. The quantitative estimate of drug-likeness (QED) is 0.635. The molecule has 0 bridgehead atoms. The number of carbonyl (C=O) groups is 2. The van der Waals surface area contributed by atoms with Crippen molar-refractivity contribution in [2.45, 2.75) is 13.0 Å². The Balaban J connectivity index is 1.72. The Hall–Kier alpha value is -2.47. The number of amides is 1. The maximum absolute atomic E-state index is 11.9. The van der Waals surface area contributed by atoms with E-state index >= 15 is 0 Å². The summed E-state index contributed by atoms with van der Waals surface area (Å²) in [7, 11) is 0. The van der Waals surface area contributed by atoms with Crippen molar-refractivity contribution in [1.82, 2.24) is 10.3 Å². The molecule has 0 radical (unpaired) electrons. The summed E-state index contributed by atoms with van der Waals surface area (Å²) in [5.41, 5.74) is 1.31. The SMILES string of the molecule is O=C(CCNC(=O)c1ccc[nH]c1=S)OCc1ccccc1. The first-order valence-corrected chi connectivity index (χ1v) is 7.23. The van der Waals surface area contributed by atoms with Crippen LogP contribution >= 0.6 is 12.2 Å². The molecule has 114 valence electrons. The second-order valence-corrected chi connectivity index (χ2v) is 4.97. The van der Waals surface area contributed by atoms with Crippen molar-refractivity contribution in [3.63, 3.8) is 0 Å². The third kappa shape index (κ3) is 4.82. The van der Waals surface area contributed by atoms with Crippen LogP contribution in [0.5, 0.6) is 0 Å². The van der Waals surface area contributed by atoms with Gasteiger partial charge in [0.2, 0.25) is 0 Å². The molecule has 1 aromatic carbocycles. The van der Waals surface area contributed by atoms with E-state index in [0.717, 1.165) is 5.56 Å². The highest BCUT2D eigenvalue weighted by Crippen LogP contribution is 2.02. The van der Waals surface area contributed by atoms with Gasteiger partial charge in [-0.2, -0.15) is 0 Å². The number of hydrogen-bond acceptors (Lipinski definition) is 4. The van der Waals surface area contributed by atoms with Crippen molar-refractivity contribution in [2.24, 2.45) is 0 Å². The number of aromatic nitrogens is 1. The number of hydrogen-bond donors (Lipinski definition) is 2. The van der Waals surface area contributed by atoms with E-state index in [2.05, 4.69) is 10.3 Å². The molecule has 0 atom stereocenters. The lowest BCUT2D eigenvalue weighted by Crippen LogP contribution is -2.26. The van der Waals surface area contributed by atoms with Gasteiger partial charge >= 0.3 is 5.97 Å². The largest absolute Gasteiger partial charge is 0.461 e. The summed E-state index contributed by atoms with van der Waals surface area (Å²) in [6.07, 6.45) is 1.77. The maximum Gasteiger partial charge on any atom is 0.307 e. The van der Waals surface area contributed by atoms with Crippen LogP contribution in [0.15, 0.2) is 48.7 Å². The number of ether oxygens (including phenoxy) is 1. The standard InChI is InChI=1S/C16H16N2O3S/c19-14(21-11-12-5-2-1-3-6-12)8-10-17-15(20)13-7-4-9-18-16(13)22/h1-7,9H,8,10-11H2,(H,17,20)(H,18,22). The maximum atomic E-state index is 11.9. The van der Waals surface area contributed by atoms with Crippen LogP contribution in [0.4, 0.5) is 0 Å². The summed E-state index contributed by atoms with van der Waals surface area (Å²) in [6.45, 7) is 0.438. The van der Waals surface area contributed by atoms with Crippen LogP contribution in [0.2, 0.25) is 0 Å².